The Bertz CT molecular complexity index is 746. The van der Waals surface area contributed by atoms with Crippen LogP contribution >= 0.6 is 39.1 Å². The maximum Gasteiger partial charge on any atom is 0.255 e. The third-order valence-corrected chi connectivity index (χ3v) is 5.49. The minimum Gasteiger partial charge on any atom is -0.336 e. The first-order valence-electron chi connectivity index (χ1n) is 7.74. The summed E-state index contributed by atoms with van der Waals surface area (Å²) in [7, 11) is 0. The van der Waals surface area contributed by atoms with Gasteiger partial charge in [-0.25, -0.2) is 0 Å². The van der Waals surface area contributed by atoms with Crippen molar-refractivity contribution in [1.82, 2.24) is 9.80 Å². The second-order valence-corrected chi connectivity index (χ2v) is 7.48. The van der Waals surface area contributed by atoms with Crippen LogP contribution in [-0.4, -0.2) is 41.9 Å². The van der Waals surface area contributed by atoms with E-state index < -0.39 is 0 Å². The number of hydrogen-bond acceptors (Lipinski definition) is 2. The number of nitrogens with zero attached hydrogens (tertiary/aromatic N) is 2. The first-order chi connectivity index (χ1) is 11.5. The first kappa shape index (κ1) is 17.7. The van der Waals surface area contributed by atoms with Crippen LogP contribution in [0.25, 0.3) is 0 Å². The molecule has 1 aliphatic rings. The largest absolute Gasteiger partial charge is 0.336 e. The van der Waals surface area contributed by atoms with E-state index in [0.29, 0.717) is 28.7 Å². The summed E-state index contributed by atoms with van der Waals surface area (Å²) in [6.07, 6.45) is 0. The highest BCUT2D eigenvalue weighted by molar-refractivity contribution is 9.10. The van der Waals surface area contributed by atoms with Crippen molar-refractivity contribution in [3.05, 3.63) is 68.1 Å². The topological polar surface area (TPSA) is 23.6 Å². The van der Waals surface area contributed by atoms with Gasteiger partial charge in [0.25, 0.3) is 5.91 Å². The Kier molecular flexibility index (Phi) is 5.82. The normalized spacial score (nSPS) is 15.5. The lowest BCUT2D eigenvalue weighted by molar-refractivity contribution is 0.0628. The van der Waals surface area contributed by atoms with Crippen LogP contribution in [0.5, 0.6) is 0 Å². The summed E-state index contributed by atoms with van der Waals surface area (Å²) in [5.41, 5.74) is 1.78. The number of carbonyl (C=O) groups is 1. The van der Waals surface area contributed by atoms with E-state index in [0.717, 1.165) is 24.1 Å². The number of hydrogen-bond donors (Lipinski definition) is 0. The Morgan fingerprint density at radius 3 is 2.42 bits per heavy atom. The monoisotopic (exact) mass is 426 g/mol. The summed E-state index contributed by atoms with van der Waals surface area (Å²) in [6, 6.07) is 13.2. The first-order valence-corrected chi connectivity index (χ1v) is 9.29. The lowest BCUT2D eigenvalue weighted by Gasteiger charge is -2.35. The van der Waals surface area contributed by atoms with Crippen molar-refractivity contribution in [3.63, 3.8) is 0 Å². The summed E-state index contributed by atoms with van der Waals surface area (Å²) in [4.78, 5) is 16.8. The Balaban J connectivity index is 1.60. The van der Waals surface area contributed by atoms with Gasteiger partial charge < -0.3 is 4.90 Å². The van der Waals surface area contributed by atoms with Gasteiger partial charge in [-0.15, -0.1) is 0 Å². The number of carbonyl (C=O) groups excluding carboxylic acids is 1. The molecule has 3 nitrogen and oxygen atoms in total. The second kappa shape index (κ2) is 7.87. The third kappa shape index (κ3) is 4.12. The summed E-state index contributed by atoms with van der Waals surface area (Å²) in [5, 5.41) is 0.943. The molecular weight excluding hydrogens is 411 g/mol. The molecular formula is C18H17BrCl2N2O. The van der Waals surface area contributed by atoms with Crippen molar-refractivity contribution >= 4 is 45.0 Å². The van der Waals surface area contributed by atoms with E-state index in [2.05, 4.69) is 33.0 Å². The van der Waals surface area contributed by atoms with Gasteiger partial charge in [0.2, 0.25) is 0 Å². The van der Waals surface area contributed by atoms with Gasteiger partial charge in [-0.1, -0.05) is 57.3 Å². The van der Waals surface area contributed by atoms with E-state index >= 15 is 0 Å². The van der Waals surface area contributed by atoms with E-state index in [1.165, 1.54) is 5.56 Å². The summed E-state index contributed by atoms with van der Waals surface area (Å²) < 4.78 is 1.12. The average molecular weight is 428 g/mol. The number of halogens is 3. The molecule has 24 heavy (non-hydrogen) atoms. The number of benzene rings is 2. The van der Waals surface area contributed by atoms with E-state index in [9.17, 15) is 4.79 Å². The Morgan fingerprint density at radius 2 is 1.75 bits per heavy atom. The molecule has 0 saturated carbocycles. The van der Waals surface area contributed by atoms with Gasteiger partial charge >= 0.3 is 0 Å². The molecule has 0 atom stereocenters. The van der Waals surface area contributed by atoms with Crippen LogP contribution in [-0.2, 0) is 6.54 Å². The van der Waals surface area contributed by atoms with Gasteiger partial charge in [-0.3, -0.25) is 9.69 Å². The summed E-state index contributed by atoms with van der Waals surface area (Å²) in [6.45, 7) is 3.96. The summed E-state index contributed by atoms with van der Waals surface area (Å²) in [5.74, 6) is -0.0304. The second-order valence-electron chi connectivity index (χ2n) is 5.78. The van der Waals surface area contributed by atoms with Crippen LogP contribution in [0.1, 0.15) is 15.9 Å². The Morgan fingerprint density at radius 1 is 1.04 bits per heavy atom. The third-order valence-electron chi connectivity index (χ3n) is 4.17. The Hall–Kier alpha value is -1.07. The quantitative estimate of drug-likeness (QED) is 0.707. The van der Waals surface area contributed by atoms with E-state index in [-0.39, 0.29) is 5.91 Å². The average Bonchev–Trinajstić information content (AvgIpc) is 2.57. The highest BCUT2D eigenvalue weighted by Gasteiger charge is 2.23. The molecule has 126 valence electrons. The molecule has 1 heterocycles. The van der Waals surface area contributed by atoms with Crippen molar-refractivity contribution < 1.29 is 4.79 Å². The minimum atomic E-state index is -0.0304. The molecule has 1 fully saturated rings. The fourth-order valence-corrected chi connectivity index (χ4v) is 3.71. The zero-order valence-corrected chi connectivity index (χ0v) is 16.1. The van der Waals surface area contributed by atoms with Gasteiger partial charge in [0.05, 0.1) is 10.6 Å². The van der Waals surface area contributed by atoms with Crippen LogP contribution < -0.4 is 0 Å². The molecule has 0 radical (unpaired) electrons. The van der Waals surface area contributed by atoms with Gasteiger partial charge in [-0.05, 0) is 29.8 Å². The fraction of sp³-hybridized carbons (Fsp3) is 0.278. The molecule has 0 spiro atoms. The molecule has 0 N–H and O–H groups in total. The van der Waals surface area contributed by atoms with Crippen LogP contribution in [0.15, 0.2) is 46.9 Å². The molecule has 0 bridgehead atoms. The highest BCUT2D eigenvalue weighted by atomic mass is 79.9. The van der Waals surface area contributed by atoms with E-state index in [1.54, 1.807) is 18.2 Å². The predicted molar refractivity (Wildman–Crippen MR) is 102 cm³/mol. The molecule has 0 unspecified atom stereocenters. The van der Waals surface area contributed by atoms with Crippen LogP contribution in [0, 0.1) is 0 Å². The molecule has 0 aromatic heterocycles. The van der Waals surface area contributed by atoms with Crippen molar-refractivity contribution in [1.29, 1.82) is 0 Å². The number of piperazine rings is 1. The Labute approximate surface area is 160 Å². The standard InChI is InChI=1S/C18H17BrCl2N2O/c19-16-4-2-1-3-13(16)12-22-7-9-23(10-8-22)18(24)15-6-5-14(20)11-17(15)21/h1-6,11H,7-10,12H2. The van der Waals surface area contributed by atoms with E-state index in [1.807, 2.05) is 17.0 Å². The molecule has 2 aromatic carbocycles. The van der Waals surface area contributed by atoms with Crippen molar-refractivity contribution in [2.45, 2.75) is 6.54 Å². The predicted octanol–water partition coefficient (Wildman–Crippen LogP) is 4.71. The maximum atomic E-state index is 12.6. The molecule has 6 heteroatoms. The maximum absolute atomic E-state index is 12.6. The summed E-state index contributed by atoms with van der Waals surface area (Å²) >= 11 is 15.6. The lowest BCUT2D eigenvalue weighted by atomic mass is 10.1. The smallest absolute Gasteiger partial charge is 0.255 e. The molecule has 0 aliphatic carbocycles. The lowest BCUT2D eigenvalue weighted by Crippen LogP contribution is -2.48. The van der Waals surface area contributed by atoms with Gasteiger partial charge in [0.1, 0.15) is 0 Å². The van der Waals surface area contributed by atoms with Crippen LogP contribution in [0.3, 0.4) is 0 Å². The minimum absolute atomic E-state index is 0.0304. The van der Waals surface area contributed by atoms with Crippen molar-refractivity contribution in [3.8, 4) is 0 Å². The molecule has 1 saturated heterocycles. The highest BCUT2D eigenvalue weighted by Crippen LogP contribution is 2.23. The van der Waals surface area contributed by atoms with Gasteiger partial charge in [0.15, 0.2) is 0 Å². The van der Waals surface area contributed by atoms with Crippen LogP contribution in [0.2, 0.25) is 10.0 Å². The van der Waals surface area contributed by atoms with Gasteiger partial charge in [-0.2, -0.15) is 0 Å². The van der Waals surface area contributed by atoms with Crippen molar-refractivity contribution in [2.75, 3.05) is 26.2 Å². The van der Waals surface area contributed by atoms with Crippen LogP contribution in [0.4, 0.5) is 0 Å². The molecule has 2 aromatic rings. The fourth-order valence-electron chi connectivity index (χ4n) is 2.81. The molecule has 3 rings (SSSR count). The SMILES string of the molecule is O=C(c1ccc(Cl)cc1Cl)N1CCN(Cc2ccccc2Br)CC1. The zero-order valence-electron chi connectivity index (χ0n) is 13.0. The van der Waals surface area contributed by atoms with E-state index in [4.69, 9.17) is 23.2 Å². The zero-order chi connectivity index (χ0) is 17.1. The van der Waals surface area contributed by atoms with Crippen molar-refractivity contribution in [2.24, 2.45) is 0 Å². The number of rotatable bonds is 3. The molecule has 1 aliphatic heterocycles. The number of amides is 1. The molecule has 1 amide bonds. The van der Waals surface area contributed by atoms with Gasteiger partial charge in [0, 0.05) is 42.2 Å².